The number of aromatic nitrogens is 4. The number of benzene rings is 3. The third-order valence-electron chi connectivity index (χ3n) is 6.68. The minimum atomic E-state index is -0.487. The van der Waals surface area contributed by atoms with E-state index in [1.165, 1.54) is 4.80 Å². The molecule has 1 aliphatic rings. The number of hydrogen-bond acceptors (Lipinski definition) is 8. The fourth-order valence-corrected chi connectivity index (χ4v) is 4.74. The molecule has 12 nitrogen and oxygen atoms in total. The Morgan fingerprint density at radius 2 is 1.79 bits per heavy atom. The lowest BCUT2D eigenvalue weighted by atomic mass is 10.00. The number of rotatable bonds is 11. The van der Waals surface area contributed by atoms with Crippen LogP contribution in [0.1, 0.15) is 41.0 Å². The third-order valence-corrected chi connectivity index (χ3v) is 6.91. The lowest BCUT2D eigenvalue weighted by Crippen LogP contribution is -2.35. The molecule has 0 bridgehead atoms. The molecule has 43 heavy (non-hydrogen) atoms. The van der Waals surface area contributed by atoms with Gasteiger partial charge in [0.05, 0.1) is 17.1 Å². The summed E-state index contributed by atoms with van der Waals surface area (Å²) in [5.74, 6) is -0.841. The molecule has 220 valence electrons. The lowest BCUT2D eigenvalue weighted by Gasteiger charge is -2.23. The SMILES string of the molecule is NCCCC(=O)Nc1ccc(-n2nnc(C(=O)NCCCN3C(=O)CN=C(c4ccccc4)c4cc(Cl)ccc43)n2)cc1. The fourth-order valence-electron chi connectivity index (χ4n) is 4.57. The van der Waals surface area contributed by atoms with Crippen molar-refractivity contribution in [3.05, 3.63) is 94.8 Å². The number of nitrogens with two attached hydrogens (primary N) is 1. The van der Waals surface area contributed by atoms with Crippen LogP contribution in [0.25, 0.3) is 5.69 Å². The number of carbonyl (C=O) groups is 3. The second kappa shape index (κ2) is 13.8. The van der Waals surface area contributed by atoms with Crippen molar-refractivity contribution in [3.8, 4) is 5.69 Å². The number of amides is 3. The van der Waals surface area contributed by atoms with Crippen LogP contribution in [0.4, 0.5) is 11.4 Å². The number of halogens is 1. The predicted octanol–water partition coefficient (Wildman–Crippen LogP) is 3.00. The molecule has 3 aromatic carbocycles. The van der Waals surface area contributed by atoms with Crippen LogP contribution in [0.2, 0.25) is 5.02 Å². The molecular formula is C30H30ClN9O3. The number of benzodiazepines with no additional fused rings is 1. The highest BCUT2D eigenvalue weighted by Crippen LogP contribution is 2.29. The molecule has 0 aliphatic carbocycles. The molecular weight excluding hydrogens is 570 g/mol. The molecule has 0 fully saturated rings. The Morgan fingerprint density at radius 1 is 1.00 bits per heavy atom. The lowest BCUT2D eigenvalue weighted by molar-refractivity contribution is -0.117. The Hall–Kier alpha value is -4.94. The minimum absolute atomic E-state index is 0.00243. The van der Waals surface area contributed by atoms with Gasteiger partial charge in [0.15, 0.2) is 0 Å². The van der Waals surface area contributed by atoms with Gasteiger partial charge in [0.1, 0.15) is 6.54 Å². The van der Waals surface area contributed by atoms with Gasteiger partial charge in [-0.25, -0.2) is 0 Å². The molecule has 0 spiro atoms. The average molecular weight is 600 g/mol. The molecule has 3 amide bonds. The van der Waals surface area contributed by atoms with E-state index >= 15 is 0 Å². The van der Waals surface area contributed by atoms with E-state index < -0.39 is 5.91 Å². The molecule has 0 saturated heterocycles. The number of nitrogens with one attached hydrogen (secondary N) is 2. The Labute approximate surface area is 252 Å². The first-order chi connectivity index (χ1) is 20.9. The Kier molecular flexibility index (Phi) is 9.49. The van der Waals surface area contributed by atoms with Crippen molar-refractivity contribution < 1.29 is 14.4 Å². The second-order valence-electron chi connectivity index (χ2n) is 9.74. The highest BCUT2D eigenvalue weighted by molar-refractivity contribution is 6.32. The number of tetrazole rings is 1. The summed E-state index contributed by atoms with van der Waals surface area (Å²) in [5.41, 5.74) is 9.73. The van der Waals surface area contributed by atoms with Gasteiger partial charge in [-0.3, -0.25) is 19.4 Å². The molecule has 5 rings (SSSR count). The first-order valence-corrected chi connectivity index (χ1v) is 14.2. The monoisotopic (exact) mass is 599 g/mol. The summed E-state index contributed by atoms with van der Waals surface area (Å²) >= 11 is 6.32. The molecule has 4 aromatic rings. The molecule has 1 aliphatic heterocycles. The standard InChI is InChI=1S/C30H30ClN9O3/c31-21-9-14-25-24(18-21)28(20-6-2-1-3-7-20)34-19-27(42)39(25)17-5-16-33-30(43)29-36-38-40(37-29)23-12-10-22(11-13-23)35-26(41)8-4-15-32/h1-3,6-7,9-14,18H,4-5,8,15-17,19,32H2,(H,33,43)(H,35,41). The van der Waals surface area contributed by atoms with E-state index in [1.54, 1.807) is 35.2 Å². The summed E-state index contributed by atoms with van der Waals surface area (Å²) in [6, 6.07) is 21.9. The maximum atomic E-state index is 13.1. The summed E-state index contributed by atoms with van der Waals surface area (Å²) < 4.78 is 0. The number of nitrogens with zero attached hydrogens (tertiary/aromatic N) is 6. The van der Waals surface area contributed by atoms with Gasteiger partial charge in [0.2, 0.25) is 11.8 Å². The van der Waals surface area contributed by atoms with E-state index in [-0.39, 0.29) is 30.7 Å². The van der Waals surface area contributed by atoms with E-state index in [2.05, 4.69) is 31.0 Å². The molecule has 0 atom stereocenters. The van der Waals surface area contributed by atoms with Gasteiger partial charge in [-0.1, -0.05) is 41.9 Å². The van der Waals surface area contributed by atoms with Crippen molar-refractivity contribution in [1.29, 1.82) is 0 Å². The zero-order valence-electron chi connectivity index (χ0n) is 23.2. The van der Waals surface area contributed by atoms with Crippen LogP contribution in [0.5, 0.6) is 0 Å². The van der Waals surface area contributed by atoms with Crippen LogP contribution in [-0.4, -0.2) is 69.8 Å². The maximum Gasteiger partial charge on any atom is 0.292 e. The van der Waals surface area contributed by atoms with Gasteiger partial charge < -0.3 is 21.3 Å². The van der Waals surface area contributed by atoms with Crippen molar-refractivity contribution in [2.45, 2.75) is 19.3 Å². The summed E-state index contributed by atoms with van der Waals surface area (Å²) in [6.07, 6.45) is 1.44. The van der Waals surface area contributed by atoms with Crippen LogP contribution in [0.3, 0.4) is 0 Å². The molecule has 2 heterocycles. The molecule has 4 N–H and O–H groups in total. The highest BCUT2D eigenvalue weighted by atomic mass is 35.5. The molecule has 1 aromatic heterocycles. The Bertz CT molecular complexity index is 1640. The predicted molar refractivity (Wildman–Crippen MR) is 164 cm³/mol. The van der Waals surface area contributed by atoms with Crippen LogP contribution >= 0.6 is 11.6 Å². The first-order valence-electron chi connectivity index (χ1n) is 13.8. The van der Waals surface area contributed by atoms with E-state index in [0.29, 0.717) is 60.1 Å². The summed E-state index contributed by atoms with van der Waals surface area (Å²) in [7, 11) is 0. The molecule has 0 unspecified atom stereocenters. The van der Waals surface area contributed by atoms with E-state index in [0.717, 1.165) is 11.1 Å². The van der Waals surface area contributed by atoms with Crippen LogP contribution in [0.15, 0.2) is 77.8 Å². The maximum absolute atomic E-state index is 13.1. The normalized spacial score (nSPS) is 12.7. The highest BCUT2D eigenvalue weighted by Gasteiger charge is 2.25. The largest absolute Gasteiger partial charge is 0.349 e. The van der Waals surface area contributed by atoms with Crippen molar-refractivity contribution in [2.75, 3.05) is 36.4 Å². The molecule has 0 saturated carbocycles. The summed E-state index contributed by atoms with van der Waals surface area (Å²) in [5, 5.41) is 18.1. The number of aliphatic imine (C=N–C) groups is 1. The Balaban J connectivity index is 1.17. The zero-order valence-corrected chi connectivity index (χ0v) is 24.0. The van der Waals surface area contributed by atoms with Gasteiger partial charge >= 0.3 is 0 Å². The van der Waals surface area contributed by atoms with Crippen molar-refractivity contribution >= 4 is 46.4 Å². The number of carbonyl (C=O) groups excluding carboxylic acids is 3. The van der Waals surface area contributed by atoms with Gasteiger partial charge in [-0.2, -0.15) is 0 Å². The minimum Gasteiger partial charge on any atom is -0.349 e. The van der Waals surface area contributed by atoms with Gasteiger partial charge in [-0.05, 0) is 67.1 Å². The smallest absolute Gasteiger partial charge is 0.292 e. The average Bonchev–Trinajstić information content (AvgIpc) is 3.47. The van der Waals surface area contributed by atoms with Gasteiger partial charge in [0.25, 0.3) is 11.7 Å². The van der Waals surface area contributed by atoms with Crippen LogP contribution < -0.4 is 21.3 Å². The molecule has 13 heteroatoms. The van der Waals surface area contributed by atoms with E-state index in [1.807, 2.05) is 42.5 Å². The number of hydrogen-bond donors (Lipinski definition) is 3. The van der Waals surface area contributed by atoms with Crippen LogP contribution in [0, 0.1) is 0 Å². The first kappa shape index (κ1) is 29.5. The quantitative estimate of drug-likeness (QED) is 0.223. The van der Waals surface area contributed by atoms with E-state index in [9.17, 15) is 14.4 Å². The van der Waals surface area contributed by atoms with Crippen LogP contribution in [-0.2, 0) is 9.59 Å². The third kappa shape index (κ3) is 7.29. The summed E-state index contributed by atoms with van der Waals surface area (Å²) in [4.78, 5) is 45.2. The number of fused-ring (bicyclic) bond motifs is 1. The summed E-state index contributed by atoms with van der Waals surface area (Å²) in [6.45, 7) is 1.09. The van der Waals surface area contributed by atoms with Crippen molar-refractivity contribution in [3.63, 3.8) is 0 Å². The number of anilines is 2. The topological polar surface area (TPSA) is 160 Å². The zero-order chi connectivity index (χ0) is 30.2. The van der Waals surface area contributed by atoms with Crippen molar-refractivity contribution in [1.82, 2.24) is 25.5 Å². The van der Waals surface area contributed by atoms with Gasteiger partial charge in [-0.15, -0.1) is 15.0 Å². The fraction of sp³-hybridized carbons (Fsp3) is 0.233. The van der Waals surface area contributed by atoms with E-state index in [4.69, 9.17) is 17.3 Å². The van der Waals surface area contributed by atoms with Crippen molar-refractivity contribution in [2.24, 2.45) is 10.7 Å². The Morgan fingerprint density at radius 3 is 2.56 bits per heavy atom. The van der Waals surface area contributed by atoms with Gasteiger partial charge in [0, 0.05) is 41.3 Å². The second-order valence-corrected chi connectivity index (χ2v) is 10.2. The molecule has 0 radical (unpaired) electrons.